The van der Waals surface area contributed by atoms with E-state index in [9.17, 15) is 9.59 Å². The molecule has 2 N–H and O–H groups in total. The van der Waals surface area contributed by atoms with Crippen molar-refractivity contribution >= 4 is 18.0 Å². The van der Waals surface area contributed by atoms with E-state index in [4.69, 9.17) is 10.2 Å². The fourth-order valence-electron chi connectivity index (χ4n) is 4.77. The largest absolute Gasteiger partial charge is 0.478 e. The summed E-state index contributed by atoms with van der Waals surface area (Å²) in [4.78, 5) is 23.3. The Labute approximate surface area is 176 Å². The van der Waals surface area contributed by atoms with Crippen molar-refractivity contribution in [1.82, 2.24) is 9.55 Å². The maximum Gasteiger partial charge on any atom is 0.328 e. The van der Waals surface area contributed by atoms with E-state index in [0.29, 0.717) is 23.5 Å². The maximum absolute atomic E-state index is 9.55. The van der Waals surface area contributed by atoms with Gasteiger partial charge in [-0.1, -0.05) is 38.1 Å². The molecule has 6 nitrogen and oxygen atoms in total. The van der Waals surface area contributed by atoms with Crippen molar-refractivity contribution in [3.8, 4) is 0 Å². The van der Waals surface area contributed by atoms with Gasteiger partial charge >= 0.3 is 11.9 Å². The summed E-state index contributed by atoms with van der Waals surface area (Å²) < 4.78 is 2.19. The predicted molar refractivity (Wildman–Crippen MR) is 115 cm³/mol. The summed E-state index contributed by atoms with van der Waals surface area (Å²) in [7, 11) is 0. The Kier molecular flexibility index (Phi) is 6.55. The third-order valence-electron chi connectivity index (χ3n) is 6.07. The van der Waals surface area contributed by atoms with Crippen molar-refractivity contribution in [3.05, 3.63) is 71.3 Å². The highest BCUT2D eigenvalue weighted by Crippen LogP contribution is 2.51. The molecule has 2 aromatic rings. The van der Waals surface area contributed by atoms with Gasteiger partial charge in [-0.3, -0.25) is 0 Å². The maximum atomic E-state index is 9.55. The molecule has 1 aromatic heterocycles. The first-order chi connectivity index (χ1) is 14.3. The molecule has 0 saturated carbocycles. The van der Waals surface area contributed by atoms with Crippen LogP contribution in [0, 0.1) is 5.92 Å². The van der Waals surface area contributed by atoms with Crippen LogP contribution in [0.5, 0.6) is 0 Å². The van der Waals surface area contributed by atoms with Gasteiger partial charge < -0.3 is 14.8 Å². The number of imidazole rings is 1. The molecule has 2 aliphatic carbocycles. The normalized spacial score (nSPS) is 19.6. The average Bonchev–Trinajstić information content (AvgIpc) is 3.20. The quantitative estimate of drug-likeness (QED) is 0.719. The van der Waals surface area contributed by atoms with Crippen LogP contribution in [0.4, 0.5) is 0 Å². The summed E-state index contributed by atoms with van der Waals surface area (Å²) in [5.41, 5.74) is 6.60. The molecule has 0 spiro atoms. The highest BCUT2D eigenvalue weighted by Gasteiger charge is 2.42. The summed E-state index contributed by atoms with van der Waals surface area (Å²) in [6, 6.07) is 6.90. The summed E-state index contributed by atoms with van der Waals surface area (Å²) in [5, 5.41) is 15.6. The van der Waals surface area contributed by atoms with E-state index in [0.717, 1.165) is 6.54 Å². The molecule has 2 aliphatic rings. The molecule has 4 rings (SSSR count). The molecule has 0 bridgehead atoms. The van der Waals surface area contributed by atoms with Crippen molar-refractivity contribution in [2.24, 2.45) is 5.92 Å². The molecule has 0 saturated heterocycles. The monoisotopic (exact) mass is 408 g/mol. The SMILES string of the molecule is CC(C)C12CCCc3cccc(c31)C=C(Cn1ccnc1)C2.O=C(O)C=CC(=O)O. The van der Waals surface area contributed by atoms with Crippen LogP contribution in [0.2, 0.25) is 0 Å². The molecular formula is C24H28N2O4. The Morgan fingerprint density at radius 3 is 2.57 bits per heavy atom. The Hall–Kier alpha value is -3.15. The zero-order valence-electron chi connectivity index (χ0n) is 17.4. The highest BCUT2D eigenvalue weighted by atomic mass is 16.4. The number of rotatable bonds is 5. The van der Waals surface area contributed by atoms with Crippen LogP contribution in [0.25, 0.3) is 6.08 Å². The molecule has 0 aliphatic heterocycles. The summed E-state index contributed by atoms with van der Waals surface area (Å²) in [5.74, 6) is -1.83. The van der Waals surface area contributed by atoms with Gasteiger partial charge in [0.05, 0.1) is 6.33 Å². The van der Waals surface area contributed by atoms with Crippen molar-refractivity contribution < 1.29 is 19.8 Å². The summed E-state index contributed by atoms with van der Waals surface area (Å²) in [6.45, 7) is 5.79. The lowest BCUT2D eigenvalue weighted by Crippen LogP contribution is -2.39. The van der Waals surface area contributed by atoms with E-state index >= 15 is 0 Å². The molecule has 1 unspecified atom stereocenters. The number of hydrogen-bond acceptors (Lipinski definition) is 3. The second-order valence-corrected chi connectivity index (χ2v) is 8.27. The third kappa shape index (κ3) is 4.70. The topological polar surface area (TPSA) is 92.4 Å². The van der Waals surface area contributed by atoms with Crippen LogP contribution < -0.4 is 0 Å². The molecule has 6 heteroatoms. The van der Waals surface area contributed by atoms with Crippen LogP contribution in [0.15, 0.2) is 54.6 Å². The van der Waals surface area contributed by atoms with E-state index < -0.39 is 11.9 Å². The van der Waals surface area contributed by atoms with Gasteiger partial charge in [-0.2, -0.15) is 0 Å². The van der Waals surface area contributed by atoms with Gasteiger partial charge in [0.25, 0.3) is 0 Å². The van der Waals surface area contributed by atoms with E-state index in [1.807, 2.05) is 12.5 Å². The van der Waals surface area contributed by atoms with Crippen LogP contribution in [-0.2, 0) is 28.0 Å². The number of aryl methyl sites for hydroxylation is 1. The molecule has 1 heterocycles. The minimum absolute atomic E-state index is 0.342. The second kappa shape index (κ2) is 9.11. The standard InChI is InChI=1S/C20H24N2.C4H4O4/c1-15(2)20-8-4-7-17-5-3-6-18(19(17)20)11-16(12-20)13-22-10-9-21-14-22;5-3(6)1-2-4(7)8/h3,5-6,9-11,14-15H,4,7-8,12-13H2,1-2H3;1-2H,(H,5,6)(H,7,8). The molecule has 1 aromatic carbocycles. The van der Waals surface area contributed by atoms with Crippen molar-refractivity contribution in [1.29, 1.82) is 0 Å². The zero-order valence-corrected chi connectivity index (χ0v) is 17.4. The number of nitrogens with zero attached hydrogens (tertiary/aromatic N) is 2. The molecule has 0 amide bonds. The fourth-order valence-corrected chi connectivity index (χ4v) is 4.77. The number of aromatic nitrogens is 2. The van der Waals surface area contributed by atoms with Gasteiger partial charge in [0.1, 0.15) is 0 Å². The smallest absolute Gasteiger partial charge is 0.328 e. The number of benzene rings is 1. The predicted octanol–water partition coefficient (Wildman–Crippen LogP) is 4.31. The van der Waals surface area contributed by atoms with Crippen LogP contribution in [0.3, 0.4) is 0 Å². The lowest BCUT2D eigenvalue weighted by Gasteiger charge is -2.46. The van der Waals surface area contributed by atoms with E-state index in [1.165, 1.54) is 31.2 Å². The number of hydrogen-bond donors (Lipinski definition) is 2. The fraction of sp³-hybridized carbons (Fsp3) is 0.375. The molecule has 0 radical (unpaired) electrons. The molecule has 30 heavy (non-hydrogen) atoms. The lowest BCUT2D eigenvalue weighted by molar-refractivity contribution is -0.134. The van der Waals surface area contributed by atoms with Gasteiger partial charge in [-0.15, -0.1) is 0 Å². The summed E-state index contributed by atoms with van der Waals surface area (Å²) in [6.07, 6.45) is 14.5. The van der Waals surface area contributed by atoms with Gasteiger partial charge in [-0.05, 0) is 53.9 Å². The van der Waals surface area contributed by atoms with Crippen molar-refractivity contribution in [3.63, 3.8) is 0 Å². The summed E-state index contributed by atoms with van der Waals surface area (Å²) >= 11 is 0. The van der Waals surface area contributed by atoms with E-state index in [-0.39, 0.29) is 0 Å². The number of aliphatic carboxylic acids is 2. The Morgan fingerprint density at radius 1 is 1.23 bits per heavy atom. The zero-order chi connectivity index (χ0) is 21.7. The van der Waals surface area contributed by atoms with Gasteiger partial charge in [0, 0.05) is 36.5 Å². The van der Waals surface area contributed by atoms with E-state index in [2.05, 4.69) is 53.9 Å². The van der Waals surface area contributed by atoms with Gasteiger partial charge in [0.15, 0.2) is 0 Å². The minimum atomic E-state index is -1.26. The van der Waals surface area contributed by atoms with E-state index in [1.54, 1.807) is 16.7 Å². The van der Waals surface area contributed by atoms with Crippen LogP contribution >= 0.6 is 0 Å². The van der Waals surface area contributed by atoms with Crippen LogP contribution in [-0.4, -0.2) is 31.7 Å². The number of carboxylic acid groups (broad SMARTS) is 2. The minimum Gasteiger partial charge on any atom is -0.478 e. The average molecular weight is 408 g/mol. The first-order valence-corrected chi connectivity index (χ1v) is 10.2. The molecular weight excluding hydrogens is 380 g/mol. The molecule has 158 valence electrons. The first-order valence-electron chi connectivity index (χ1n) is 10.2. The number of allylic oxidation sites excluding steroid dienone is 1. The first kappa shape index (κ1) is 21.6. The van der Waals surface area contributed by atoms with Crippen molar-refractivity contribution in [2.45, 2.75) is 51.5 Å². The lowest BCUT2D eigenvalue weighted by atomic mass is 9.58. The third-order valence-corrected chi connectivity index (χ3v) is 6.07. The number of carboxylic acids is 2. The Morgan fingerprint density at radius 2 is 1.97 bits per heavy atom. The molecule has 0 fully saturated rings. The second-order valence-electron chi connectivity index (χ2n) is 8.27. The number of carbonyl (C=O) groups is 2. The Bertz CT molecular complexity index is 957. The van der Waals surface area contributed by atoms with Gasteiger partial charge in [0.2, 0.25) is 0 Å². The molecule has 1 atom stereocenters. The van der Waals surface area contributed by atoms with Gasteiger partial charge in [-0.25, -0.2) is 14.6 Å². The van der Waals surface area contributed by atoms with Crippen molar-refractivity contribution in [2.75, 3.05) is 0 Å². The Balaban J connectivity index is 0.000000275. The van der Waals surface area contributed by atoms with Crippen LogP contribution in [0.1, 0.15) is 49.8 Å². The highest BCUT2D eigenvalue weighted by molar-refractivity contribution is 5.89.